The van der Waals surface area contributed by atoms with Crippen LogP contribution in [0.4, 0.5) is 4.79 Å². The summed E-state index contributed by atoms with van der Waals surface area (Å²) in [6, 6.07) is 0. The molecule has 0 aromatic heterocycles. The van der Waals surface area contributed by atoms with Crippen molar-refractivity contribution in [2.24, 2.45) is 0 Å². The van der Waals surface area contributed by atoms with Gasteiger partial charge >= 0.3 is 6.09 Å². The van der Waals surface area contributed by atoms with E-state index in [1.165, 1.54) is 4.72 Å². The van der Waals surface area contributed by atoms with Gasteiger partial charge in [0.15, 0.2) is 0 Å². The molecule has 0 aliphatic rings. The second-order valence-corrected chi connectivity index (χ2v) is 0.611. The van der Waals surface area contributed by atoms with E-state index in [9.17, 15) is 0 Å². The third-order valence-electron chi connectivity index (χ3n) is 0.0873. The zero-order chi connectivity index (χ0) is 4.28. The van der Waals surface area contributed by atoms with E-state index in [4.69, 9.17) is 9.90 Å². The Hall–Kier alpha value is -0.380. The van der Waals surface area contributed by atoms with Gasteiger partial charge in [0.05, 0.1) is 0 Å². The van der Waals surface area contributed by atoms with Crippen molar-refractivity contribution in [2.45, 2.75) is 0 Å². The first-order valence-corrected chi connectivity index (χ1v) is 1.29. The minimum Gasteiger partial charge on any atom is -0.664 e. The number of carbonyl (C=O) groups is 1. The van der Waals surface area contributed by atoms with Crippen molar-refractivity contribution in [1.29, 1.82) is 0 Å². The minimum atomic E-state index is -1.18. The summed E-state index contributed by atoms with van der Waals surface area (Å²) in [5.74, 6) is 0. The van der Waals surface area contributed by atoms with Crippen LogP contribution in [0.3, 0.4) is 0 Å². The standard InChI is InChI=1S/CH2NO2S/c3-1(4)2-5/h2H,(H,3,4)/q-1. The molecule has 3 nitrogen and oxygen atoms in total. The van der Waals surface area contributed by atoms with Crippen LogP contribution in [0.2, 0.25) is 0 Å². The van der Waals surface area contributed by atoms with Crippen molar-refractivity contribution in [3.8, 4) is 0 Å². The minimum absolute atomic E-state index is 1.18. The molecule has 0 aliphatic heterocycles. The Labute approximate surface area is 34.5 Å². The first-order valence-electron chi connectivity index (χ1n) is 0.882. The number of rotatable bonds is 0. The van der Waals surface area contributed by atoms with E-state index >= 15 is 0 Å². The van der Waals surface area contributed by atoms with E-state index in [0.29, 0.717) is 0 Å². The van der Waals surface area contributed by atoms with Gasteiger partial charge in [-0.1, -0.05) is 0 Å². The second-order valence-electron chi connectivity index (χ2n) is 0.407. The lowest BCUT2D eigenvalue weighted by Crippen LogP contribution is -2.11. The van der Waals surface area contributed by atoms with E-state index in [1.807, 2.05) is 0 Å². The molecule has 0 fully saturated rings. The Morgan fingerprint density at radius 3 is 2.20 bits per heavy atom. The lowest BCUT2D eigenvalue weighted by atomic mass is 11.3. The highest BCUT2D eigenvalue weighted by Crippen LogP contribution is 1.47. The number of hydrogen-bond donors (Lipinski definition) is 2. The molecule has 0 aromatic rings. The van der Waals surface area contributed by atoms with E-state index in [1.54, 1.807) is 0 Å². The highest BCUT2D eigenvalue weighted by atomic mass is 32.1. The zero-order valence-electron chi connectivity index (χ0n) is 2.26. The molecule has 0 spiro atoms. The van der Waals surface area contributed by atoms with Crippen LogP contribution in [0.15, 0.2) is 0 Å². The Morgan fingerprint density at radius 2 is 2.20 bits per heavy atom. The van der Waals surface area contributed by atoms with Gasteiger partial charge in [0.1, 0.15) is 0 Å². The van der Waals surface area contributed by atoms with Crippen LogP contribution < -0.4 is 4.72 Å². The first-order chi connectivity index (χ1) is 2.27. The average Bonchev–Trinajstić information content (AvgIpc) is 1.38. The highest BCUT2D eigenvalue weighted by Gasteiger charge is 1.69. The Balaban J connectivity index is 2.85. The van der Waals surface area contributed by atoms with Crippen molar-refractivity contribution in [1.82, 2.24) is 4.72 Å². The SMILES string of the molecule is O=C(O)N[S-]. The molecule has 0 radical (unpaired) electrons. The summed E-state index contributed by atoms with van der Waals surface area (Å²) >= 11 is 3.83. The maximum atomic E-state index is 9.15. The van der Waals surface area contributed by atoms with Crippen LogP contribution in [0.1, 0.15) is 0 Å². The van der Waals surface area contributed by atoms with Gasteiger partial charge in [0.2, 0.25) is 0 Å². The van der Waals surface area contributed by atoms with Gasteiger partial charge in [-0.2, -0.15) is 0 Å². The van der Waals surface area contributed by atoms with Crippen molar-refractivity contribution in [3.63, 3.8) is 0 Å². The predicted octanol–water partition coefficient (Wildman–Crippen LogP) is -0.284. The summed E-state index contributed by atoms with van der Waals surface area (Å²) in [5.41, 5.74) is 0. The quantitative estimate of drug-likeness (QED) is 0.404. The predicted molar refractivity (Wildman–Crippen MR) is 18.5 cm³/mol. The average molecular weight is 92.1 g/mol. The van der Waals surface area contributed by atoms with Gasteiger partial charge in [0, 0.05) is 0 Å². The van der Waals surface area contributed by atoms with Crippen LogP contribution in [-0.2, 0) is 12.8 Å². The summed E-state index contributed by atoms with van der Waals surface area (Å²) in [6.45, 7) is 0. The summed E-state index contributed by atoms with van der Waals surface area (Å²) in [7, 11) is 0. The molecule has 5 heavy (non-hydrogen) atoms. The van der Waals surface area contributed by atoms with Crippen LogP contribution >= 0.6 is 0 Å². The number of carboxylic acid groups (broad SMARTS) is 1. The number of nitrogens with one attached hydrogen (secondary N) is 1. The van der Waals surface area contributed by atoms with Crippen molar-refractivity contribution in [2.75, 3.05) is 0 Å². The molecule has 0 unspecified atom stereocenters. The smallest absolute Gasteiger partial charge is 0.382 e. The normalized spacial score (nSPS) is 6.60. The molecule has 0 saturated heterocycles. The Morgan fingerprint density at radius 1 is 2.00 bits per heavy atom. The largest absolute Gasteiger partial charge is 0.664 e. The fourth-order valence-electron chi connectivity index (χ4n) is 0. The molecule has 1 amide bonds. The summed E-state index contributed by atoms with van der Waals surface area (Å²) in [5, 5.41) is 7.51. The third-order valence-corrected chi connectivity index (χ3v) is 0.262. The first kappa shape index (κ1) is 4.62. The number of hydrogen-bond acceptors (Lipinski definition) is 2. The maximum Gasteiger partial charge on any atom is 0.382 e. The van der Waals surface area contributed by atoms with Gasteiger partial charge in [-0.3, -0.25) is 0 Å². The van der Waals surface area contributed by atoms with E-state index in [0.717, 1.165) is 0 Å². The van der Waals surface area contributed by atoms with Gasteiger partial charge in [0.25, 0.3) is 0 Å². The molecule has 0 rings (SSSR count). The van der Waals surface area contributed by atoms with Crippen molar-refractivity contribution in [3.05, 3.63) is 0 Å². The molecule has 0 heterocycles. The lowest BCUT2D eigenvalue weighted by molar-refractivity contribution is 0.202. The third kappa shape index (κ3) is 3.62. The Kier molecular flexibility index (Phi) is 1.75. The van der Waals surface area contributed by atoms with E-state index < -0.39 is 6.09 Å². The maximum absolute atomic E-state index is 9.15. The van der Waals surface area contributed by atoms with Crippen molar-refractivity contribution < 1.29 is 9.90 Å². The lowest BCUT2D eigenvalue weighted by Gasteiger charge is -1.96. The van der Waals surface area contributed by atoms with E-state index in [2.05, 4.69) is 12.8 Å². The monoisotopic (exact) mass is 92.0 g/mol. The van der Waals surface area contributed by atoms with Crippen LogP contribution in [0.5, 0.6) is 0 Å². The molecule has 0 saturated carbocycles. The fraction of sp³-hybridized carbons (Fsp3) is 0. The molecule has 0 aliphatic carbocycles. The Bertz CT molecular complexity index is 44.9. The van der Waals surface area contributed by atoms with Crippen LogP contribution in [0, 0.1) is 0 Å². The van der Waals surface area contributed by atoms with Crippen molar-refractivity contribution >= 4 is 18.9 Å². The molecular formula is CH2NO2S-. The molecular weight excluding hydrogens is 90.1 g/mol. The van der Waals surface area contributed by atoms with Crippen LogP contribution in [0.25, 0.3) is 0 Å². The van der Waals surface area contributed by atoms with Gasteiger partial charge in [-0.05, 0) is 0 Å². The number of amides is 1. The molecule has 0 bridgehead atoms. The van der Waals surface area contributed by atoms with Crippen LogP contribution in [-0.4, -0.2) is 11.2 Å². The highest BCUT2D eigenvalue weighted by molar-refractivity contribution is 7.57. The second kappa shape index (κ2) is 1.90. The van der Waals surface area contributed by atoms with Gasteiger partial charge in [-0.15, -0.1) is 0 Å². The van der Waals surface area contributed by atoms with Gasteiger partial charge < -0.3 is 22.6 Å². The molecule has 2 N–H and O–H groups in total. The molecule has 0 atom stereocenters. The topological polar surface area (TPSA) is 49.3 Å². The summed E-state index contributed by atoms with van der Waals surface area (Å²) in [6.07, 6.45) is -1.18. The zero-order valence-corrected chi connectivity index (χ0v) is 3.08. The fourth-order valence-corrected chi connectivity index (χ4v) is 0. The van der Waals surface area contributed by atoms with E-state index in [-0.39, 0.29) is 0 Å². The molecule has 4 heteroatoms. The molecule has 0 aromatic carbocycles. The van der Waals surface area contributed by atoms with Gasteiger partial charge in [-0.25, -0.2) is 4.79 Å². The summed E-state index contributed by atoms with van der Waals surface area (Å²) < 4.78 is 1.53. The summed E-state index contributed by atoms with van der Waals surface area (Å²) in [4.78, 5) is 9.15. The molecule has 30 valence electrons.